The molecule has 0 radical (unpaired) electrons. The van der Waals surface area contributed by atoms with Crippen LogP contribution in [0.3, 0.4) is 0 Å². The quantitative estimate of drug-likeness (QED) is 0.607. The van der Waals surface area contributed by atoms with Gasteiger partial charge in [-0.25, -0.2) is 0 Å². The van der Waals surface area contributed by atoms with E-state index in [2.05, 4.69) is 22.6 Å². The maximum Gasteiger partial charge on any atom is 0.162 e. The Kier molecular flexibility index (Phi) is 6.51. The van der Waals surface area contributed by atoms with E-state index in [1.165, 1.54) is 0 Å². The van der Waals surface area contributed by atoms with Crippen LogP contribution in [-0.4, -0.2) is 38.6 Å². The number of rotatable bonds is 7. The molecule has 0 saturated carbocycles. The van der Waals surface area contributed by atoms with Gasteiger partial charge in [-0.15, -0.1) is 0 Å². The van der Waals surface area contributed by atoms with Crippen LogP contribution in [0, 0.1) is 3.57 Å². The van der Waals surface area contributed by atoms with Crippen molar-refractivity contribution in [2.75, 3.05) is 33.5 Å². The van der Waals surface area contributed by atoms with Crippen molar-refractivity contribution in [2.24, 2.45) is 0 Å². The standard InChI is InChI=1S/C11H15IO4/c1-14-6-7-16-11-8-9(12)2-3-10(11)15-5-4-13/h2-3,8,13H,4-7H2,1H3. The van der Waals surface area contributed by atoms with Crippen LogP contribution in [0.2, 0.25) is 0 Å². The van der Waals surface area contributed by atoms with Crippen LogP contribution in [0.4, 0.5) is 0 Å². The van der Waals surface area contributed by atoms with Crippen LogP contribution in [0.1, 0.15) is 0 Å². The minimum atomic E-state index is -0.0104. The maximum atomic E-state index is 8.70. The molecular weight excluding hydrogens is 323 g/mol. The van der Waals surface area contributed by atoms with Gasteiger partial charge in [0.2, 0.25) is 0 Å². The number of hydrogen-bond donors (Lipinski definition) is 1. The third-order valence-corrected chi connectivity index (χ3v) is 2.47. The summed E-state index contributed by atoms with van der Waals surface area (Å²) in [5.41, 5.74) is 0. The van der Waals surface area contributed by atoms with E-state index in [4.69, 9.17) is 19.3 Å². The van der Waals surface area contributed by atoms with E-state index in [0.29, 0.717) is 24.7 Å². The molecule has 4 nitrogen and oxygen atoms in total. The molecule has 0 unspecified atom stereocenters. The first-order valence-electron chi connectivity index (χ1n) is 4.93. The van der Waals surface area contributed by atoms with E-state index in [1.54, 1.807) is 7.11 Å². The van der Waals surface area contributed by atoms with Crippen LogP contribution in [0.25, 0.3) is 0 Å². The Bertz CT molecular complexity index is 317. The zero-order valence-electron chi connectivity index (χ0n) is 9.11. The van der Waals surface area contributed by atoms with Crippen molar-refractivity contribution >= 4 is 22.6 Å². The molecule has 0 aliphatic rings. The summed E-state index contributed by atoms with van der Waals surface area (Å²) in [6.07, 6.45) is 0. The first-order chi connectivity index (χ1) is 7.77. The van der Waals surface area contributed by atoms with E-state index in [-0.39, 0.29) is 13.2 Å². The van der Waals surface area contributed by atoms with Crippen molar-refractivity contribution in [3.05, 3.63) is 21.8 Å². The van der Waals surface area contributed by atoms with Gasteiger partial charge in [-0.1, -0.05) is 0 Å². The Morgan fingerprint density at radius 3 is 2.56 bits per heavy atom. The number of halogens is 1. The van der Waals surface area contributed by atoms with Gasteiger partial charge >= 0.3 is 0 Å². The molecule has 0 aliphatic carbocycles. The smallest absolute Gasteiger partial charge is 0.162 e. The largest absolute Gasteiger partial charge is 0.487 e. The van der Waals surface area contributed by atoms with Gasteiger partial charge < -0.3 is 19.3 Å². The second-order valence-electron chi connectivity index (χ2n) is 3.00. The zero-order chi connectivity index (χ0) is 11.8. The molecule has 0 aliphatic heterocycles. The number of aliphatic hydroxyl groups is 1. The monoisotopic (exact) mass is 338 g/mol. The van der Waals surface area contributed by atoms with Gasteiger partial charge in [-0.05, 0) is 40.8 Å². The fraction of sp³-hybridized carbons (Fsp3) is 0.455. The summed E-state index contributed by atoms with van der Waals surface area (Å²) in [4.78, 5) is 0. The van der Waals surface area contributed by atoms with Crippen molar-refractivity contribution in [1.82, 2.24) is 0 Å². The molecule has 1 aromatic carbocycles. The lowest BCUT2D eigenvalue weighted by Crippen LogP contribution is -2.07. The highest BCUT2D eigenvalue weighted by Gasteiger charge is 2.05. The van der Waals surface area contributed by atoms with E-state index in [9.17, 15) is 0 Å². The molecule has 1 rings (SSSR count). The van der Waals surface area contributed by atoms with Crippen LogP contribution in [0.15, 0.2) is 18.2 Å². The molecule has 0 saturated heterocycles. The molecule has 5 heteroatoms. The molecule has 16 heavy (non-hydrogen) atoms. The molecule has 90 valence electrons. The molecule has 0 heterocycles. The Morgan fingerprint density at radius 1 is 1.12 bits per heavy atom. The van der Waals surface area contributed by atoms with E-state index < -0.39 is 0 Å². The Morgan fingerprint density at radius 2 is 1.88 bits per heavy atom. The highest BCUT2D eigenvalue weighted by molar-refractivity contribution is 14.1. The van der Waals surface area contributed by atoms with E-state index in [0.717, 1.165) is 3.57 Å². The molecule has 0 bridgehead atoms. The molecule has 0 atom stereocenters. The maximum absolute atomic E-state index is 8.70. The minimum Gasteiger partial charge on any atom is -0.487 e. The summed E-state index contributed by atoms with van der Waals surface area (Å²) in [5.74, 6) is 1.32. The molecule has 0 fully saturated rings. The lowest BCUT2D eigenvalue weighted by molar-refractivity contribution is 0.141. The fourth-order valence-corrected chi connectivity index (χ4v) is 1.57. The Labute approximate surface area is 109 Å². The molecule has 0 spiro atoms. The highest BCUT2D eigenvalue weighted by atomic mass is 127. The predicted octanol–water partition coefficient (Wildman–Crippen LogP) is 1.69. The zero-order valence-corrected chi connectivity index (χ0v) is 11.3. The fourth-order valence-electron chi connectivity index (χ4n) is 1.10. The van der Waals surface area contributed by atoms with Gasteiger partial charge in [-0.2, -0.15) is 0 Å². The topological polar surface area (TPSA) is 47.9 Å². The van der Waals surface area contributed by atoms with Crippen molar-refractivity contribution < 1.29 is 19.3 Å². The van der Waals surface area contributed by atoms with Crippen molar-refractivity contribution in [3.63, 3.8) is 0 Å². The minimum absolute atomic E-state index is 0.0104. The molecule has 0 amide bonds. The highest BCUT2D eigenvalue weighted by Crippen LogP contribution is 2.28. The first kappa shape index (κ1) is 13.5. The third kappa shape index (κ3) is 4.54. The Balaban J connectivity index is 2.65. The van der Waals surface area contributed by atoms with Gasteiger partial charge in [0, 0.05) is 10.7 Å². The van der Waals surface area contributed by atoms with Crippen molar-refractivity contribution in [1.29, 1.82) is 0 Å². The molecule has 1 aromatic rings. The Hall–Kier alpha value is -0.530. The first-order valence-corrected chi connectivity index (χ1v) is 6.00. The van der Waals surface area contributed by atoms with Crippen LogP contribution >= 0.6 is 22.6 Å². The molecular formula is C11H15IO4. The number of methoxy groups -OCH3 is 1. The van der Waals surface area contributed by atoms with Crippen LogP contribution in [-0.2, 0) is 4.74 Å². The summed E-state index contributed by atoms with van der Waals surface area (Å²) in [6.45, 7) is 1.27. The lowest BCUT2D eigenvalue weighted by atomic mass is 10.3. The van der Waals surface area contributed by atoms with Gasteiger partial charge in [-0.3, -0.25) is 0 Å². The molecule has 0 aromatic heterocycles. The van der Waals surface area contributed by atoms with E-state index >= 15 is 0 Å². The van der Waals surface area contributed by atoms with Gasteiger partial charge in [0.25, 0.3) is 0 Å². The van der Waals surface area contributed by atoms with Gasteiger partial charge in [0.05, 0.1) is 13.2 Å². The second-order valence-corrected chi connectivity index (χ2v) is 4.25. The number of aliphatic hydroxyl groups excluding tert-OH is 1. The number of benzene rings is 1. The second kappa shape index (κ2) is 7.70. The lowest BCUT2D eigenvalue weighted by Gasteiger charge is -2.12. The van der Waals surface area contributed by atoms with Crippen LogP contribution < -0.4 is 9.47 Å². The number of ether oxygens (including phenoxy) is 3. The third-order valence-electron chi connectivity index (χ3n) is 1.80. The summed E-state index contributed by atoms with van der Waals surface area (Å²) in [6, 6.07) is 5.65. The van der Waals surface area contributed by atoms with Gasteiger partial charge in [0.15, 0.2) is 11.5 Å². The van der Waals surface area contributed by atoms with Crippen molar-refractivity contribution in [2.45, 2.75) is 0 Å². The SMILES string of the molecule is COCCOc1cc(I)ccc1OCCO. The van der Waals surface area contributed by atoms with Gasteiger partial charge in [0.1, 0.15) is 13.2 Å². The summed E-state index contributed by atoms with van der Waals surface area (Å²) >= 11 is 2.20. The average Bonchev–Trinajstić information content (AvgIpc) is 2.28. The summed E-state index contributed by atoms with van der Waals surface area (Å²) in [7, 11) is 1.63. The van der Waals surface area contributed by atoms with Crippen molar-refractivity contribution in [3.8, 4) is 11.5 Å². The molecule has 1 N–H and O–H groups in total. The van der Waals surface area contributed by atoms with E-state index in [1.807, 2.05) is 18.2 Å². The summed E-state index contributed by atoms with van der Waals surface area (Å²) in [5, 5.41) is 8.70. The summed E-state index contributed by atoms with van der Waals surface area (Å²) < 4.78 is 16.8. The van der Waals surface area contributed by atoms with Crippen LogP contribution in [0.5, 0.6) is 11.5 Å². The average molecular weight is 338 g/mol. The predicted molar refractivity (Wildman–Crippen MR) is 69.1 cm³/mol. The number of hydrogen-bond acceptors (Lipinski definition) is 4. The normalized spacial score (nSPS) is 10.2.